The lowest BCUT2D eigenvalue weighted by atomic mass is 10.1. The van der Waals surface area contributed by atoms with Crippen molar-refractivity contribution in [3.8, 4) is 17.0 Å². The lowest BCUT2D eigenvalue weighted by Crippen LogP contribution is -2.20. The van der Waals surface area contributed by atoms with Gasteiger partial charge in [0, 0.05) is 30.4 Å². The van der Waals surface area contributed by atoms with Crippen LogP contribution < -0.4 is 10.1 Å². The topological polar surface area (TPSA) is 56.1 Å². The molecule has 0 atom stereocenters. The van der Waals surface area contributed by atoms with Gasteiger partial charge in [-0.1, -0.05) is 12.1 Å². The molecule has 1 aliphatic heterocycles. The Morgan fingerprint density at radius 3 is 2.47 bits per heavy atom. The molecule has 1 aliphatic rings. The van der Waals surface area contributed by atoms with E-state index in [1.54, 1.807) is 12.1 Å². The van der Waals surface area contributed by atoms with Gasteiger partial charge in [-0.2, -0.15) is 13.2 Å². The second-order valence-corrected chi connectivity index (χ2v) is 7.13. The number of imidazole rings is 1. The number of aromatic nitrogens is 2. The molecule has 0 aliphatic carbocycles. The van der Waals surface area contributed by atoms with Gasteiger partial charge in [0.25, 0.3) is 5.91 Å². The maximum absolute atomic E-state index is 12.6. The van der Waals surface area contributed by atoms with Crippen LogP contribution in [0, 0.1) is 0 Å². The molecule has 0 radical (unpaired) electrons. The fourth-order valence-corrected chi connectivity index (χ4v) is 3.36. The van der Waals surface area contributed by atoms with Crippen molar-refractivity contribution in [2.45, 2.75) is 32.0 Å². The molecular formula is C22H20F3N3O2. The molecule has 1 aromatic heterocycles. The van der Waals surface area contributed by atoms with Crippen LogP contribution in [0.4, 0.5) is 18.9 Å². The first-order valence-corrected chi connectivity index (χ1v) is 9.65. The Hall–Kier alpha value is -3.29. The molecule has 2 aromatic carbocycles. The quantitative estimate of drug-likeness (QED) is 0.643. The number of halogens is 3. The summed E-state index contributed by atoms with van der Waals surface area (Å²) >= 11 is 0. The number of aryl methyl sites for hydroxylation is 2. The van der Waals surface area contributed by atoms with Crippen LogP contribution in [-0.4, -0.2) is 22.1 Å². The third kappa shape index (κ3) is 4.64. The van der Waals surface area contributed by atoms with Gasteiger partial charge in [-0.05, 0) is 49.2 Å². The van der Waals surface area contributed by atoms with Gasteiger partial charge in [0.2, 0.25) is 0 Å². The summed E-state index contributed by atoms with van der Waals surface area (Å²) in [5, 5.41) is 2.71. The number of amides is 1. The van der Waals surface area contributed by atoms with E-state index in [0.29, 0.717) is 5.69 Å². The first-order valence-electron chi connectivity index (χ1n) is 9.65. The van der Waals surface area contributed by atoms with Crippen LogP contribution in [-0.2, 0) is 23.9 Å². The molecule has 5 nitrogen and oxygen atoms in total. The fraction of sp³-hybridized carbons (Fsp3) is 0.273. The molecule has 4 rings (SSSR count). The van der Waals surface area contributed by atoms with E-state index in [-0.39, 0.29) is 12.4 Å². The van der Waals surface area contributed by atoms with Crippen molar-refractivity contribution in [2.24, 2.45) is 0 Å². The Bertz CT molecular complexity index is 1000. The Morgan fingerprint density at radius 2 is 1.80 bits per heavy atom. The lowest BCUT2D eigenvalue weighted by Gasteiger charge is -2.11. The maximum atomic E-state index is 12.6. The van der Waals surface area contributed by atoms with Crippen molar-refractivity contribution in [3.63, 3.8) is 0 Å². The molecule has 30 heavy (non-hydrogen) atoms. The fourth-order valence-electron chi connectivity index (χ4n) is 3.36. The van der Waals surface area contributed by atoms with Crippen molar-refractivity contribution < 1.29 is 22.7 Å². The van der Waals surface area contributed by atoms with Gasteiger partial charge in [-0.15, -0.1) is 0 Å². The van der Waals surface area contributed by atoms with Gasteiger partial charge in [0.15, 0.2) is 6.61 Å². The van der Waals surface area contributed by atoms with Crippen LogP contribution in [0.15, 0.2) is 54.7 Å². The molecule has 3 aromatic rings. The van der Waals surface area contributed by atoms with E-state index < -0.39 is 17.6 Å². The van der Waals surface area contributed by atoms with Gasteiger partial charge in [0.1, 0.15) is 11.6 Å². The summed E-state index contributed by atoms with van der Waals surface area (Å²) in [6.45, 7) is 0.691. The molecule has 156 valence electrons. The summed E-state index contributed by atoms with van der Waals surface area (Å²) in [7, 11) is 0. The average molecular weight is 415 g/mol. The smallest absolute Gasteiger partial charge is 0.416 e. The molecule has 0 saturated heterocycles. The SMILES string of the molecule is O=C(COc1ccc(C(F)(F)F)cc1)Nc1ccc(-c2cn3c(n2)CCCC3)cc1. The van der Waals surface area contributed by atoms with Crippen molar-refractivity contribution in [1.29, 1.82) is 0 Å². The minimum Gasteiger partial charge on any atom is -0.484 e. The monoisotopic (exact) mass is 415 g/mol. The average Bonchev–Trinajstić information content (AvgIpc) is 3.17. The number of benzene rings is 2. The molecule has 1 amide bonds. The highest BCUT2D eigenvalue weighted by atomic mass is 19.4. The van der Waals surface area contributed by atoms with Gasteiger partial charge < -0.3 is 14.6 Å². The van der Waals surface area contributed by atoms with Crippen LogP contribution >= 0.6 is 0 Å². The van der Waals surface area contributed by atoms with Crippen LogP contribution in [0.3, 0.4) is 0 Å². The maximum Gasteiger partial charge on any atom is 0.416 e. The standard InChI is InChI=1S/C22H20F3N3O2/c23-22(24,25)16-6-10-18(11-7-16)30-14-21(29)26-17-8-4-15(5-9-17)19-13-28-12-2-1-3-20(28)27-19/h4-11,13H,1-3,12,14H2,(H,26,29). The highest BCUT2D eigenvalue weighted by molar-refractivity contribution is 5.92. The first-order chi connectivity index (χ1) is 14.4. The minimum atomic E-state index is -4.40. The lowest BCUT2D eigenvalue weighted by molar-refractivity contribution is -0.137. The summed E-state index contributed by atoms with van der Waals surface area (Å²) < 4.78 is 45.1. The second-order valence-electron chi connectivity index (χ2n) is 7.13. The number of alkyl halides is 3. The van der Waals surface area contributed by atoms with Crippen molar-refractivity contribution >= 4 is 11.6 Å². The van der Waals surface area contributed by atoms with Crippen LogP contribution in [0.2, 0.25) is 0 Å². The number of anilines is 1. The first kappa shape index (κ1) is 20.0. The van der Waals surface area contributed by atoms with Gasteiger partial charge >= 0.3 is 6.18 Å². The number of nitrogens with one attached hydrogen (secondary N) is 1. The van der Waals surface area contributed by atoms with E-state index in [1.807, 2.05) is 12.1 Å². The largest absolute Gasteiger partial charge is 0.484 e. The molecule has 0 saturated carbocycles. The van der Waals surface area contributed by atoms with Crippen molar-refractivity contribution in [1.82, 2.24) is 9.55 Å². The van der Waals surface area contributed by atoms with Crippen LogP contribution in [0.5, 0.6) is 5.75 Å². The number of rotatable bonds is 5. The minimum absolute atomic E-state index is 0.192. The van der Waals surface area contributed by atoms with Crippen molar-refractivity contribution in [3.05, 3.63) is 66.1 Å². The highest BCUT2D eigenvalue weighted by Crippen LogP contribution is 2.30. The van der Waals surface area contributed by atoms with Gasteiger partial charge in [-0.3, -0.25) is 4.79 Å². The number of fused-ring (bicyclic) bond motifs is 1. The highest BCUT2D eigenvalue weighted by Gasteiger charge is 2.30. The van der Waals surface area contributed by atoms with E-state index in [2.05, 4.69) is 21.1 Å². The normalized spacial score (nSPS) is 13.6. The van der Waals surface area contributed by atoms with E-state index in [4.69, 9.17) is 4.74 Å². The summed E-state index contributed by atoms with van der Waals surface area (Å²) in [6.07, 6.45) is 0.975. The molecule has 0 fully saturated rings. The number of hydrogen-bond acceptors (Lipinski definition) is 3. The predicted molar refractivity (Wildman–Crippen MR) is 106 cm³/mol. The van der Waals surface area contributed by atoms with E-state index in [9.17, 15) is 18.0 Å². The Kier molecular flexibility index (Phi) is 5.48. The summed E-state index contributed by atoms with van der Waals surface area (Å²) in [5.41, 5.74) is 1.72. The number of carbonyl (C=O) groups is 1. The summed E-state index contributed by atoms with van der Waals surface area (Å²) in [5.74, 6) is 0.895. The van der Waals surface area contributed by atoms with E-state index in [1.165, 1.54) is 18.6 Å². The van der Waals surface area contributed by atoms with E-state index >= 15 is 0 Å². The second kappa shape index (κ2) is 8.22. The number of carbonyl (C=O) groups excluding carboxylic acids is 1. The van der Waals surface area contributed by atoms with Gasteiger partial charge in [-0.25, -0.2) is 4.98 Å². The predicted octanol–water partition coefficient (Wildman–Crippen LogP) is 4.92. The third-order valence-corrected chi connectivity index (χ3v) is 4.92. The zero-order valence-corrected chi connectivity index (χ0v) is 16.1. The van der Waals surface area contributed by atoms with Crippen LogP contribution in [0.1, 0.15) is 24.2 Å². The Morgan fingerprint density at radius 1 is 1.07 bits per heavy atom. The third-order valence-electron chi connectivity index (χ3n) is 4.92. The van der Waals surface area contributed by atoms with Gasteiger partial charge in [0.05, 0.1) is 11.3 Å². The zero-order chi connectivity index (χ0) is 21.1. The summed E-state index contributed by atoms with van der Waals surface area (Å²) in [6, 6.07) is 11.6. The molecule has 0 spiro atoms. The van der Waals surface area contributed by atoms with Crippen LogP contribution in [0.25, 0.3) is 11.3 Å². The zero-order valence-electron chi connectivity index (χ0n) is 16.1. The Labute approximate surface area is 171 Å². The molecular weight excluding hydrogens is 395 g/mol. The number of ether oxygens (including phenoxy) is 1. The summed E-state index contributed by atoms with van der Waals surface area (Å²) in [4.78, 5) is 16.7. The molecule has 1 N–H and O–H groups in total. The van der Waals surface area contributed by atoms with Crippen molar-refractivity contribution in [2.75, 3.05) is 11.9 Å². The molecule has 8 heteroatoms. The molecule has 0 bridgehead atoms. The number of hydrogen-bond donors (Lipinski definition) is 1. The molecule has 0 unspecified atom stereocenters. The number of nitrogens with zero attached hydrogens (tertiary/aromatic N) is 2. The molecule has 2 heterocycles. The Balaban J connectivity index is 1.32. The van der Waals surface area contributed by atoms with E-state index in [0.717, 1.165) is 48.6 Å².